The van der Waals surface area contributed by atoms with Gasteiger partial charge < -0.3 is 10.2 Å². The van der Waals surface area contributed by atoms with Crippen LogP contribution in [0.1, 0.15) is 5.01 Å². The number of aromatic nitrogens is 2. The maximum Gasteiger partial charge on any atom is 0.316 e. The van der Waals surface area contributed by atoms with Gasteiger partial charge in [-0.25, -0.2) is 9.78 Å². The number of amides is 2. The Morgan fingerprint density at radius 2 is 2.32 bits per heavy atom. The summed E-state index contributed by atoms with van der Waals surface area (Å²) in [4.78, 5) is 21.5. The molecule has 2 aromatic rings. The summed E-state index contributed by atoms with van der Waals surface area (Å²) in [6.45, 7) is 0.594. The molecule has 0 radical (unpaired) electrons. The minimum atomic E-state index is -0.0796. The molecular weight excluding hydrogens is 260 g/mol. The van der Waals surface area contributed by atoms with Gasteiger partial charge in [0.25, 0.3) is 0 Å². The van der Waals surface area contributed by atoms with Crippen molar-refractivity contribution >= 4 is 17.4 Å². The van der Waals surface area contributed by atoms with Crippen LogP contribution in [-0.2, 0) is 6.42 Å². The molecule has 0 aliphatic heterocycles. The predicted molar refractivity (Wildman–Crippen MR) is 76.1 cm³/mol. The highest BCUT2D eigenvalue weighted by molar-refractivity contribution is 7.09. The van der Waals surface area contributed by atoms with Crippen LogP contribution in [0, 0.1) is 0 Å². The van der Waals surface area contributed by atoms with E-state index in [1.165, 1.54) is 4.90 Å². The van der Waals surface area contributed by atoms with Crippen LogP contribution < -0.4 is 5.32 Å². The molecule has 0 saturated carbocycles. The van der Waals surface area contributed by atoms with Crippen LogP contribution >= 0.6 is 11.3 Å². The van der Waals surface area contributed by atoms with Crippen LogP contribution in [0.4, 0.5) is 4.79 Å². The van der Waals surface area contributed by atoms with Gasteiger partial charge in [0.2, 0.25) is 0 Å². The van der Waals surface area contributed by atoms with Gasteiger partial charge in [-0.15, -0.1) is 11.3 Å². The number of pyridine rings is 1. The van der Waals surface area contributed by atoms with Gasteiger partial charge >= 0.3 is 6.03 Å². The first-order valence-electron chi connectivity index (χ1n) is 5.97. The normalized spacial score (nSPS) is 10.2. The summed E-state index contributed by atoms with van der Waals surface area (Å²) in [7, 11) is 3.44. The topological polar surface area (TPSA) is 58.1 Å². The number of nitrogens with one attached hydrogen (secondary N) is 1. The van der Waals surface area contributed by atoms with Gasteiger partial charge in [0.15, 0.2) is 0 Å². The molecule has 0 aliphatic rings. The SMILES string of the molecule is CN(C)C(=O)NCCc1nc(-c2cccnc2)cs1. The zero-order valence-corrected chi connectivity index (χ0v) is 11.8. The molecule has 1 N–H and O–H groups in total. The molecule has 0 bridgehead atoms. The lowest BCUT2D eigenvalue weighted by Crippen LogP contribution is -2.35. The molecule has 2 aromatic heterocycles. The monoisotopic (exact) mass is 276 g/mol. The van der Waals surface area contributed by atoms with Gasteiger partial charge in [0, 0.05) is 50.4 Å². The van der Waals surface area contributed by atoms with Crippen molar-refractivity contribution in [1.29, 1.82) is 0 Å². The van der Waals surface area contributed by atoms with Crippen molar-refractivity contribution in [3.05, 3.63) is 34.9 Å². The number of rotatable bonds is 4. The highest BCUT2D eigenvalue weighted by Crippen LogP contribution is 2.20. The number of carbonyl (C=O) groups is 1. The van der Waals surface area contributed by atoms with Crippen LogP contribution in [0.3, 0.4) is 0 Å². The molecule has 2 amide bonds. The molecule has 2 rings (SSSR count). The number of hydrogen-bond donors (Lipinski definition) is 1. The Morgan fingerprint density at radius 3 is 3.00 bits per heavy atom. The summed E-state index contributed by atoms with van der Waals surface area (Å²) < 4.78 is 0. The standard InChI is InChI=1S/C13H16N4OS/c1-17(2)13(18)15-7-5-12-16-11(9-19-12)10-4-3-6-14-8-10/h3-4,6,8-9H,5,7H2,1-2H3,(H,15,18). The van der Waals surface area contributed by atoms with Crippen LogP contribution in [0.25, 0.3) is 11.3 Å². The first-order valence-corrected chi connectivity index (χ1v) is 6.85. The van der Waals surface area contributed by atoms with E-state index in [2.05, 4.69) is 15.3 Å². The Morgan fingerprint density at radius 1 is 1.47 bits per heavy atom. The van der Waals surface area contributed by atoms with Crippen molar-refractivity contribution < 1.29 is 4.79 Å². The molecule has 0 saturated heterocycles. The fourth-order valence-corrected chi connectivity index (χ4v) is 2.31. The smallest absolute Gasteiger partial charge is 0.316 e. The molecule has 5 nitrogen and oxygen atoms in total. The Kier molecular flexibility index (Phi) is 4.46. The molecule has 19 heavy (non-hydrogen) atoms. The first kappa shape index (κ1) is 13.5. The minimum Gasteiger partial charge on any atom is -0.338 e. The third-order valence-corrected chi connectivity index (χ3v) is 3.44. The highest BCUT2D eigenvalue weighted by atomic mass is 32.1. The van der Waals surface area contributed by atoms with Gasteiger partial charge in [-0.2, -0.15) is 0 Å². The van der Waals surface area contributed by atoms with E-state index >= 15 is 0 Å². The second-order valence-electron chi connectivity index (χ2n) is 4.24. The van der Waals surface area contributed by atoms with Gasteiger partial charge in [0.1, 0.15) is 0 Å². The van der Waals surface area contributed by atoms with E-state index in [1.807, 2.05) is 17.5 Å². The molecule has 0 aliphatic carbocycles. The summed E-state index contributed by atoms with van der Waals surface area (Å²) in [5.41, 5.74) is 1.95. The van der Waals surface area contributed by atoms with E-state index in [1.54, 1.807) is 37.8 Å². The van der Waals surface area contributed by atoms with Crippen molar-refractivity contribution in [2.24, 2.45) is 0 Å². The zero-order chi connectivity index (χ0) is 13.7. The summed E-state index contributed by atoms with van der Waals surface area (Å²) in [6.07, 6.45) is 4.28. The summed E-state index contributed by atoms with van der Waals surface area (Å²) in [5, 5.41) is 5.85. The molecule has 0 spiro atoms. The zero-order valence-electron chi connectivity index (χ0n) is 11.0. The number of nitrogens with zero attached hydrogens (tertiary/aromatic N) is 3. The lowest BCUT2D eigenvalue weighted by atomic mass is 10.2. The van der Waals surface area contributed by atoms with Crippen molar-refractivity contribution in [1.82, 2.24) is 20.2 Å². The molecule has 2 heterocycles. The number of urea groups is 1. The van der Waals surface area contributed by atoms with E-state index in [4.69, 9.17) is 0 Å². The first-order chi connectivity index (χ1) is 9.16. The Balaban J connectivity index is 1.90. The van der Waals surface area contributed by atoms with E-state index in [9.17, 15) is 4.79 Å². The molecule has 0 fully saturated rings. The lowest BCUT2D eigenvalue weighted by Gasteiger charge is -2.10. The number of thiazole rings is 1. The average Bonchev–Trinajstić information content (AvgIpc) is 2.88. The summed E-state index contributed by atoms with van der Waals surface area (Å²) in [6, 6.07) is 3.80. The van der Waals surface area contributed by atoms with Crippen molar-refractivity contribution in [3.63, 3.8) is 0 Å². The van der Waals surface area contributed by atoms with Gasteiger partial charge in [-0.05, 0) is 12.1 Å². The number of hydrogen-bond acceptors (Lipinski definition) is 4. The summed E-state index contributed by atoms with van der Waals surface area (Å²) >= 11 is 1.60. The Labute approximate surface area is 116 Å². The van der Waals surface area contributed by atoms with Crippen molar-refractivity contribution in [2.45, 2.75) is 6.42 Å². The highest BCUT2D eigenvalue weighted by Gasteiger charge is 2.06. The molecule has 0 atom stereocenters. The average molecular weight is 276 g/mol. The predicted octanol–water partition coefficient (Wildman–Crippen LogP) is 2.02. The second kappa shape index (κ2) is 6.29. The van der Waals surface area contributed by atoms with Crippen molar-refractivity contribution in [2.75, 3.05) is 20.6 Å². The van der Waals surface area contributed by atoms with E-state index < -0.39 is 0 Å². The van der Waals surface area contributed by atoms with Crippen LogP contribution in [-0.4, -0.2) is 41.5 Å². The van der Waals surface area contributed by atoms with Gasteiger partial charge in [0.05, 0.1) is 10.7 Å². The molecule has 0 aromatic carbocycles. The lowest BCUT2D eigenvalue weighted by molar-refractivity contribution is 0.217. The fourth-order valence-electron chi connectivity index (χ4n) is 1.51. The maximum atomic E-state index is 11.3. The van der Waals surface area contributed by atoms with E-state index in [0.29, 0.717) is 6.54 Å². The maximum absolute atomic E-state index is 11.3. The van der Waals surface area contributed by atoms with Crippen LogP contribution in [0.2, 0.25) is 0 Å². The van der Waals surface area contributed by atoms with Gasteiger partial charge in [-0.1, -0.05) is 0 Å². The molecule has 6 heteroatoms. The minimum absolute atomic E-state index is 0.0796. The number of carbonyl (C=O) groups excluding carboxylic acids is 1. The third-order valence-electron chi connectivity index (χ3n) is 2.53. The van der Waals surface area contributed by atoms with Crippen LogP contribution in [0.15, 0.2) is 29.9 Å². The Bertz CT molecular complexity index is 539. The molecule has 100 valence electrons. The fraction of sp³-hybridized carbons (Fsp3) is 0.308. The third kappa shape index (κ3) is 3.75. The van der Waals surface area contributed by atoms with E-state index in [0.717, 1.165) is 22.7 Å². The van der Waals surface area contributed by atoms with Crippen molar-refractivity contribution in [3.8, 4) is 11.3 Å². The van der Waals surface area contributed by atoms with Crippen LogP contribution in [0.5, 0.6) is 0 Å². The summed E-state index contributed by atoms with van der Waals surface area (Å²) in [5.74, 6) is 0. The quantitative estimate of drug-likeness (QED) is 0.929. The largest absolute Gasteiger partial charge is 0.338 e. The van der Waals surface area contributed by atoms with E-state index in [-0.39, 0.29) is 6.03 Å². The van der Waals surface area contributed by atoms with Gasteiger partial charge in [-0.3, -0.25) is 4.98 Å². The molecule has 0 unspecified atom stereocenters. The molecular formula is C13H16N4OS. The second-order valence-corrected chi connectivity index (χ2v) is 5.19. The Hall–Kier alpha value is -1.95.